The van der Waals surface area contributed by atoms with Crippen LogP contribution in [-0.2, 0) is 34.4 Å². The Labute approximate surface area is 341 Å². The summed E-state index contributed by atoms with van der Waals surface area (Å²) in [5.74, 6) is -0.426. The van der Waals surface area contributed by atoms with Crippen LogP contribution in [-0.4, -0.2) is 71.2 Å². The summed E-state index contributed by atoms with van der Waals surface area (Å²) in [7, 11) is -2.10. The number of amides is 3. The molecule has 1 heterocycles. The number of anilines is 3. The van der Waals surface area contributed by atoms with Gasteiger partial charge in [0.1, 0.15) is 17.2 Å². The molecule has 2 atom stereocenters. The molecule has 14 nitrogen and oxygen atoms in total. The molecule has 0 saturated carbocycles. The van der Waals surface area contributed by atoms with E-state index in [9.17, 15) is 24.1 Å². The number of aliphatic hydroxyl groups excluding tert-OH is 1. The van der Waals surface area contributed by atoms with Crippen molar-refractivity contribution in [2.75, 3.05) is 42.8 Å². The molecule has 0 radical (unpaired) electrons. The second kappa shape index (κ2) is 18.7. The SMILES string of the molecule is CCOP(=O)(OCC)c1ccc(N)cc1CN(C)C(=O)C(Nc1ccc2c(N(C(=O)OC(C)(C)C)C(=O)OC(C)(C)C)nccc2c1)c1ccc([C@@H](C)CO)c(C)c1. The average molecular weight is 820 g/mol. The minimum atomic E-state index is -3.74. The number of carbonyl (C=O) groups is 3. The molecular weight excluding hydrogens is 761 g/mol. The Morgan fingerprint density at radius 1 is 0.897 bits per heavy atom. The number of nitrogens with two attached hydrogens (primary N) is 1. The number of benzene rings is 3. The van der Waals surface area contributed by atoms with Crippen LogP contribution in [0, 0.1) is 6.92 Å². The minimum Gasteiger partial charge on any atom is -0.443 e. The molecule has 4 aromatic rings. The molecule has 58 heavy (non-hydrogen) atoms. The zero-order chi connectivity index (χ0) is 43.2. The van der Waals surface area contributed by atoms with E-state index in [-0.39, 0.29) is 44.0 Å². The Kier molecular flexibility index (Phi) is 14.7. The van der Waals surface area contributed by atoms with Gasteiger partial charge in [0.2, 0.25) is 5.91 Å². The van der Waals surface area contributed by atoms with Crippen molar-refractivity contribution in [1.29, 1.82) is 0 Å². The first-order valence-corrected chi connectivity index (χ1v) is 20.8. The van der Waals surface area contributed by atoms with E-state index in [0.717, 1.165) is 16.0 Å². The Morgan fingerprint density at radius 2 is 1.52 bits per heavy atom. The van der Waals surface area contributed by atoms with Gasteiger partial charge in [-0.2, -0.15) is 4.90 Å². The number of nitrogen functional groups attached to an aromatic ring is 1. The van der Waals surface area contributed by atoms with E-state index in [2.05, 4.69) is 10.3 Å². The summed E-state index contributed by atoms with van der Waals surface area (Å²) in [5.41, 5.74) is 8.33. The van der Waals surface area contributed by atoms with Crippen molar-refractivity contribution in [3.8, 4) is 0 Å². The molecular formula is C43H58N5O9P. The molecule has 0 bridgehead atoms. The minimum absolute atomic E-state index is 0.0125. The van der Waals surface area contributed by atoms with Crippen LogP contribution in [0.4, 0.5) is 26.8 Å². The van der Waals surface area contributed by atoms with Crippen LogP contribution in [0.2, 0.25) is 0 Å². The average Bonchev–Trinajstić information content (AvgIpc) is 3.12. The van der Waals surface area contributed by atoms with E-state index in [4.69, 9.17) is 24.3 Å². The highest BCUT2D eigenvalue weighted by Crippen LogP contribution is 2.48. The number of fused-ring (bicyclic) bond motifs is 1. The van der Waals surface area contributed by atoms with Gasteiger partial charge in [-0.1, -0.05) is 25.1 Å². The lowest BCUT2D eigenvalue weighted by molar-refractivity contribution is -0.131. The second-order valence-corrected chi connectivity index (χ2v) is 18.1. The summed E-state index contributed by atoms with van der Waals surface area (Å²) in [6, 6.07) is 16.6. The molecule has 4 N–H and O–H groups in total. The van der Waals surface area contributed by atoms with Crippen molar-refractivity contribution in [2.24, 2.45) is 0 Å². The number of hydrogen-bond acceptors (Lipinski definition) is 12. The molecule has 0 aliphatic carbocycles. The number of aliphatic hydroxyl groups is 1. The number of nitrogens with one attached hydrogen (secondary N) is 1. The Hall–Kier alpha value is -5.01. The van der Waals surface area contributed by atoms with Crippen molar-refractivity contribution in [1.82, 2.24) is 9.88 Å². The standard InChI is InChI=1S/C43H58N5O9P/c1-12-54-58(53,55-13-2)36-19-15-32(44)23-31(36)25-47(11)39(50)37(30-14-17-34(27(3)22-30)28(4)26-49)46-33-16-18-35-29(24-33)20-21-45-38(35)48(40(51)56-42(5,6)7)41(52)57-43(8,9)10/h14-24,28,37,46,49H,12-13,25-26,44H2,1-11H3/t28-,37?/m0/s1. The quantitative estimate of drug-likeness (QED) is 0.0815. The predicted octanol–water partition coefficient (Wildman–Crippen LogP) is 8.60. The van der Waals surface area contributed by atoms with Gasteiger partial charge in [0.15, 0.2) is 5.82 Å². The third kappa shape index (κ3) is 11.3. The summed E-state index contributed by atoms with van der Waals surface area (Å²) in [5, 5.41) is 14.7. The van der Waals surface area contributed by atoms with E-state index in [1.54, 1.807) is 105 Å². The number of rotatable bonds is 14. The first-order valence-electron chi connectivity index (χ1n) is 19.3. The number of aromatic nitrogens is 1. The summed E-state index contributed by atoms with van der Waals surface area (Å²) >= 11 is 0. The molecule has 3 amide bonds. The van der Waals surface area contributed by atoms with Crippen LogP contribution in [0.3, 0.4) is 0 Å². The van der Waals surface area contributed by atoms with Crippen LogP contribution in [0.15, 0.2) is 66.9 Å². The van der Waals surface area contributed by atoms with Crippen molar-refractivity contribution < 1.29 is 42.6 Å². The third-order valence-electron chi connectivity index (χ3n) is 8.88. The summed E-state index contributed by atoms with van der Waals surface area (Å²) in [6.07, 6.45) is -0.431. The van der Waals surface area contributed by atoms with Crippen molar-refractivity contribution in [2.45, 2.75) is 98.9 Å². The number of nitrogens with zero attached hydrogens (tertiary/aromatic N) is 3. The van der Waals surface area contributed by atoms with Crippen molar-refractivity contribution >= 4 is 59.0 Å². The fourth-order valence-corrected chi connectivity index (χ4v) is 8.12. The fraction of sp³-hybridized carbons (Fsp3) is 0.442. The van der Waals surface area contributed by atoms with Crippen molar-refractivity contribution in [3.63, 3.8) is 0 Å². The van der Waals surface area contributed by atoms with Gasteiger partial charge in [0.05, 0.1) is 18.5 Å². The molecule has 4 rings (SSSR count). The molecule has 15 heteroatoms. The van der Waals surface area contributed by atoms with E-state index >= 15 is 0 Å². The Balaban J connectivity index is 1.80. The van der Waals surface area contributed by atoms with Gasteiger partial charge in [-0.3, -0.25) is 9.36 Å². The molecule has 3 aromatic carbocycles. The Bertz CT molecular complexity index is 2130. The molecule has 314 valence electrons. The van der Waals surface area contributed by atoms with Crippen LogP contribution in [0.1, 0.15) is 96.5 Å². The maximum absolute atomic E-state index is 14.7. The lowest BCUT2D eigenvalue weighted by atomic mass is 9.93. The zero-order valence-corrected chi connectivity index (χ0v) is 36.3. The number of hydrogen-bond donors (Lipinski definition) is 3. The van der Waals surface area contributed by atoms with Gasteiger partial charge in [-0.15, -0.1) is 0 Å². The highest BCUT2D eigenvalue weighted by molar-refractivity contribution is 7.62. The molecule has 0 spiro atoms. The number of imide groups is 1. The monoisotopic (exact) mass is 819 g/mol. The number of pyridine rings is 1. The number of likely N-dealkylation sites (N-methyl/N-ethyl adjacent to an activating group) is 1. The maximum Gasteiger partial charge on any atom is 0.425 e. The lowest BCUT2D eigenvalue weighted by Gasteiger charge is -2.29. The normalized spacial score (nSPS) is 13.1. The van der Waals surface area contributed by atoms with E-state index in [0.29, 0.717) is 38.6 Å². The van der Waals surface area contributed by atoms with Crippen LogP contribution in [0.5, 0.6) is 0 Å². The third-order valence-corrected chi connectivity index (χ3v) is 11.1. The first kappa shape index (κ1) is 45.7. The van der Waals surface area contributed by atoms with Crippen LogP contribution >= 0.6 is 7.60 Å². The van der Waals surface area contributed by atoms with E-state index < -0.39 is 37.0 Å². The molecule has 1 unspecified atom stereocenters. The highest BCUT2D eigenvalue weighted by Gasteiger charge is 2.35. The van der Waals surface area contributed by atoms with E-state index in [1.807, 2.05) is 32.0 Å². The summed E-state index contributed by atoms with van der Waals surface area (Å²) < 4.78 is 36.4. The summed E-state index contributed by atoms with van der Waals surface area (Å²) in [6.45, 7) is 17.8. The molecule has 0 saturated heterocycles. The number of ether oxygens (including phenoxy) is 2. The smallest absolute Gasteiger partial charge is 0.425 e. The van der Waals surface area contributed by atoms with Gasteiger partial charge >= 0.3 is 19.8 Å². The van der Waals surface area contributed by atoms with Gasteiger partial charge in [-0.25, -0.2) is 14.6 Å². The topological polar surface area (TPSA) is 183 Å². The van der Waals surface area contributed by atoms with Crippen molar-refractivity contribution in [3.05, 3.63) is 89.1 Å². The molecule has 0 aliphatic heterocycles. The molecule has 0 aliphatic rings. The van der Waals surface area contributed by atoms with Gasteiger partial charge in [-0.05, 0) is 132 Å². The predicted molar refractivity (Wildman–Crippen MR) is 228 cm³/mol. The van der Waals surface area contributed by atoms with Gasteiger partial charge in [0.25, 0.3) is 0 Å². The number of carbonyl (C=O) groups excluding carboxylic acids is 3. The Morgan fingerprint density at radius 3 is 2.07 bits per heavy atom. The molecule has 1 aromatic heterocycles. The fourth-order valence-electron chi connectivity index (χ4n) is 6.35. The largest absolute Gasteiger partial charge is 0.443 e. The zero-order valence-electron chi connectivity index (χ0n) is 35.4. The second-order valence-electron chi connectivity index (χ2n) is 16.1. The summed E-state index contributed by atoms with van der Waals surface area (Å²) in [4.78, 5) is 48.4. The maximum atomic E-state index is 14.7. The van der Waals surface area contributed by atoms with E-state index in [1.165, 1.54) is 11.1 Å². The molecule has 0 fully saturated rings. The van der Waals surface area contributed by atoms with Crippen LogP contribution in [0.25, 0.3) is 10.8 Å². The van der Waals surface area contributed by atoms with Gasteiger partial charge < -0.3 is 39.6 Å². The van der Waals surface area contributed by atoms with Crippen LogP contribution < -0.4 is 21.3 Å². The van der Waals surface area contributed by atoms with Gasteiger partial charge in [0, 0.05) is 49.1 Å². The highest BCUT2D eigenvalue weighted by atomic mass is 31.2. The number of aryl methyl sites for hydroxylation is 1. The first-order chi connectivity index (χ1) is 27.1. The lowest BCUT2D eigenvalue weighted by Crippen LogP contribution is -2.44.